The number of aliphatic hydroxyl groups excluding tert-OH is 1. The smallest absolute Gasteiger partial charge is 0.159 e. The minimum atomic E-state index is -0.297. The number of aliphatic hydroxyl groups is 1. The molecule has 0 aliphatic heterocycles. The van der Waals surface area contributed by atoms with E-state index in [1.807, 2.05) is 5.38 Å². The Labute approximate surface area is 72.0 Å². The van der Waals surface area contributed by atoms with Crippen LogP contribution in [-0.2, 0) is 6.42 Å². The minimum Gasteiger partial charge on any atom is -0.393 e. The largest absolute Gasteiger partial charge is 0.393 e. The molecule has 1 rings (SSSR count). The van der Waals surface area contributed by atoms with Crippen molar-refractivity contribution in [3.8, 4) is 0 Å². The van der Waals surface area contributed by atoms with Gasteiger partial charge in [0.15, 0.2) is 3.92 Å². The van der Waals surface area contributed by atoms with Gasteiger partial charge in [0.25, 0.3) is 0 Å². The maximum atomic E-state index is 8.96. The number of nitrogens with zero attached hydrogens (tertiary/aromatic N) is 1. The highest BCUT2D eigenvalue weighted by molar-refractivity contribution is 9.11. The maximum Gasteiger partial charge on any atom is 0.159 e. The van der Waals surface area contributed by atoms with Crippen LogP contribution in [0.1, 0.15) is 12.6 Å². The number of hydrogen-bond donors (Lipinski definition) is 1. The van der Waals surface area contributed by atoms with Crippen molar-refractivity contribution in [2.75, 3.05) is 0 Å². The predicted molar refractivity (Wildman–Crippen MR) is 45.2 cm³/mol. The van der Waals surface area contributed by atoms with E-state index >= 15 is 0 Å². The predicted octanol–water partition coefficient (Wildman–Crippen LogP) is 1.83. The first-order chi connectivity index (χ1) is 4.68. The zero-order chi connectivity index (χ0) is 7.56. The SMILES string of the molecule is C[C@H](O)Cc1csc(Br)n1. The molecule has 0 saturated heterocycles. The van der Waals surface area contributed by atoms with E-state index < -0.39 is 0 Å². The lowest BCUT2D eigenvalue weighted by atomic mass is 10.2. The summed E-state index contributed by atoms with van der Waals surface area (Å²) in [5.41, 5.74) is 0.951. The molecule has 0 aliphatic rings. The van der Waals surface area contributed by atoms with E-state index in [-0.39, 0.29) is 6.10 Å². The lowest BCUT2D eigenvalue weighted by Gasteiger charge is -1.97. The molecule has 2 nitrogen and oxygen atoms in total. The Hall–Kier alpha value is 0.0700. The van der Waals surface area contributed by atoms with Crippen LogP contribution in [0.15, 0.2) is 9.30 Å². The molecular formula is C6H8BrNOS. The van der Waals surface area contributed by atoms with E-state index in [0.717, 1.165) is 9.61 Å². The van der Waals surface area contributed by atoms with E-state index in [4.69, 9.17) is 5.11 Å². The van der Waals surface area contributed by atoms with Crippen LogP contribution >= 0.6 is 27.3 Å². The Bertz CT molecular complexity index is 211. The van der Waals surface area contributed by atoms with Crippen LogP contribution in [0.2, 0.25) is 0 Å². The molecule has 1 atom stereocenters. The van der Waals surface area contributed by atoms with Gasteiger partial charge in [-0.15, -0.1) is 11.3 Å². The molecule has 1 heterocycles. The van der Waals surface area contributed by atoms with Crippen LogP contribution in [0, 0.1) is 0 Å². The molecule has 0 bridgehead atoms. The fraction of sp³-hybridized carbons (Fsp3) is 0.500. The highest BCUT2D eigenvalue weighted by atomic mass is 79.9. The highest BCUT2D eigenvalue weighted by Crippen LogP contribution is 2.16. The molecule has 0 unspecified atom stereocenters. The fourth-order valence-corrected chi connectivity index (χ4v) is 1.74. The van der Waals surface area contributed by atoms with Crippen LogP contribution in [0.5, 0.6) is 0 Å². The minimum absolute atomic E-state index is 0.297. The molecule has 4 heteroatoms. The van der Waals surface area contributed by atoms with Crippen LogP contribution in [0.25, 0.3) is 0 Å². The Morgan fingerprint density at radius 1 is 1.90 bits per heavy atom. The number of halogens is 1. The first kappa shape index (κ1) is 8.17. The van der Waals surface area contributed by atoms with E-state index in [0.29, 0.717) is 6.42 Å². The van der Waals surface area contributed by atoms with Crippen molar-refractivity contribution in [3.63, 3.8) is 0 Å². The molecule has 0 fully saturated rings. The highest BCUT2D eigenvalue weighted by Gasteiger charge is 2.01. The van der Waals surface area contributed by atoms with Crippen molar-refractivity contribution >= 4 is 27.3 Å². The summed E-state index contributed by atoms with van der Waals surface area (Å²) >= 11 is 4.79. The van der Waals surface area contributed by atoms with Crippen LogP contribution in [0.4, 0.5) is 0 Å². The molecule has 1 N–H and O–H groups in total. The van der Waals surface area contributed by atoms with Gasteiger partial charge >= 0.3 is 0 Å². The Morgan fingerprint density at radius 2 is 2.60 bits per heavy atom. The third kappa shape index (κ3) is 2.36. The molecule has 0 radical (unpaired) electrons. The molecule has 0 spiro atoms. The number of rotatable bonds is 2. The summed E-state index contributed by atoms with van der Waals surface area (Å²) in [5.74, 6) is 0. The summed E-state index contributed by atoms with van der Waals surface area (Å²) in [5, 5.41) is 10.9. The lowest BCUT2D eigenvalue weighted by molar-refractivity contribution is 0.194. The van der Waals surface area contributed by atoms with Crippen molar-refractivity contribution < 1.29 is 5.11 Å². The van der Waals surface area contributed by atoms with Gasteiger partial charge in [-0.1, -0.05) is 0 Å². The molecule has 0 aliphatic carbocycles. The van der Waals surface area contributed by atoms with Gasteiger partial charge in [-0.3, -0.25) is 0 Å². The van der Waals surface area contributed by atoms with Gasteiger partial charge in [0.1, 0.15) is 0 Å². The van der Waals surface area contributed by atoms with E-state index in [1.165, 1.54) is 0 Å². The van der Waals surface area contributed by atoms with E-state index in [1.54, 1.807) is 18.3 Å². The molecule has 0 saturated carbocycles. The molecule has 1 aromatic rings. The summed E-state index contributed by atoms with van der Waals surface area (Å²) in [4.78, 5) is 4.13. The third-order valence-corrected chi connectivity index (χ3v) is 2.44. The van der Waals surface area contributed by atoms with Crippen molar-refractivity contribution in [2.24, 2.45) is 0 Å². The summed E-state index contributed by atoms with van der Waals surface area (Å²) in [6.07, 6.45) is 0.344. The van der Waals surface area contributed by atoms with Crippen molar-refractivity contribution in [2.45, 2.75) is 19.4 Å². The summed E-state index contributed by atoms with van der Waals surface area (Å²) < 4.78 is 0.878. The zero-order valence-electron chi connectivity index (χ0n) is 5.54. The first-order valence-corrected chi connectivity index (χ1v) is 4.63. The average molecular weight is 222 g/mol. The van der Waals surface area contributed by atoms with E-state index in [9.17, 15) is 0 Å². The van der Waals surface area contributed by atoms with Gasteiger partial charge in [0.2, 0.25) is 0 Å². The number of aromatic nitrogens is 1. The second-order valence-corrected chi connectivity index (χ2v) is 4.28. The fourth-order valence-electron chi connectivity index (χ4n) is 0.679. The standard InChI is InChI=1S/C6H8BrNOS/c1-4(9)2-5-3-10-6(7)8-5/h3-4,9H,2H2,1H3/t4-/m0/s1. The lowest BCUT2D eigenvalue weighted by Crippen LogP contribution is -2.03. The van der Waals surface area contributed by atoms with Gasteiger partial charge in [-0.25, -0.2) is 4.98 Å². The van der Waals surface area contributed by atoms with Crippen molar-refractivity contribution in [1.29, 1.82) is 0 Å². The maximum absolute atomic E-state index is 8.96. The molecule has 10 heavy (non-hydrogen) atoms. The van der Waals surface area contributed by atoms with Gasteiger partial charge in [0.05, 0.1) is 11.8 Å². The van der Waals surface area contributed by atoms with Gasteiger partial charge in [-0.05, 0) is 22.9 Å². The summed E-state index contributed by atoms with van der Waals surface area (Å²) in [7, 11) is 0. The molecule has 56 valence electrons. The first-order valence-electron chi connectivity index (χ1n) is 2.96. The molecule has 0 amide bonds. The summed E-state index contributed by atoms with van der Waals surface area (Å²) in [6, 6.07) is 0. The quantitative estimate of drug-likeness (QED) is 0.827. The van der Waals surface area contributed by atoms with Crippen LogP contribution < -0.4 is 0 Å². The van der Waals surface area contributed by atoms with Gasteiger partial charge < -0.3 is 5.11 Å². The number of thiazole rings is 1. The second-order valence-electron chi connectivity index (χ2n) is 2.14. The molecular weight excluding hydrogens is 214 g/mol. The topological polar surface area (TPSA) is 33.1 Å². The zero-order valence-corrected chi connectivity index (χ0v) is 7.94. The Kier molecular flexibility index (Phi) is 2.82. The normalized spacial score (nSPS) is 13.5. The van der Waals surface area contributed by atoms with Crippen molar-refractivity contribution in [3.05, 3.63) is 15.0 Å². The summed E-state index contributed by atoms with van der Waals surface area (Å²) in [6.45, 7) is 1.76. The van der Waals surface area contributed by atoms with Crippen LogP contribution in [-0.4, -0.2) is 16.2 Å². The Morgan fingerprint density at radius 3 is 3.00 bits per heavy atom. The Balaban J connectivity index is 2.58. The van der Waals surface area contributed by atoms with Crippen LogP contribution in [0.3, 0.4) is 0 Å². The molecule has 0 aromatic carbocycles. The van der Waals surface area contributed by atoms with Crippen molar-refractivity contribution in [1.82, 2.24) is 4.98 Å². The second kappa shape index (κ2) is 3.46. The number of hydrogen-bond acceptors (Lipinski definition) is 3. The van der Waals surface area contributed by atoms with Gasteiger partial charge in [0, 0.05) is 11.8 Å². The average Bonchev–Trinajstić information content (AvgIpc) is 2.13. The van der Waals surface area contributed by atoms with Gasteiger partial charge in [-0.2, -0.15) is 0 Å². The van der Waals surface area contributed by atoms with E-state index in [2.05, 4.69) is 20.9 Å². The molecule has 1 aromatic heterocycles. The monoisotopic (exact) mass is 221 g/mol. The third-order valence-electron chi connectivity index (χ3n) is 1.03.